The third kappa shape index (κ3) is 4.84. The van der Waals surface area contributed by atoms with E-state index in [0.29, 0.717) is 29.2 Å². The number of hydrogen-bond donors (Lipinski definition) is 3. The first-order valence-electron chi connectivity index (χ1n) is 8.59. The quantitative estimate of drug-likeness (QED) is 0.731. The van der Waals surface area contributed by atoms with Crippen LogP contribution in [0.25, 0.3) is 0 Å². The molecule has 3 rings (SSSR count). The number of rotatable bonds is 6. The van der Waals surface area contributed by atoms with Gasteiger partial charge in [0.15, 0.2) is 0 Å². The first kappa shape index (κ1) is 18.4. The molecule has 140 valence electrons. The second-order valence-electron chi connectivity index (χ2n) is 6.42. The van der Waals surface area contributed by atoms with E-state index in [0.717, 1.165) is 0 Å². The van der Waals surface area contributed by atoms with Gasteiger partial charge in [0.25, 0.3) is 0 Å². The van der Waals surface area contributed by atoms with Crippen LogP contribution < -0.4 is 20.7 Å². The lowest BCUT2D eigenvalue weighted by molar-refractivity contribution is -0.122. The van der Waals surface area contributed by atoms with E-state index in [2.05, 4.69) is 16.0 Å². The second kappa shape index (κ2) is 7.90. The molecule has 0 spiro atoms. The summed E-state index contributed by atoms with van der Waals surface area (Å²) in [6, 6.07) is 13.9. The maximum absolute atomic E-state index is 12.4. The van der Waals surface area contributed by atoms with E-state index >= 15 is 0 Å². The van der Waals surface area contributed by atoms with Crippen molar-refractivity contribution in [2.75, 3.05) is 23.1 Å². The van der Waals surface area contributed by atoms with Crippen molar-refractivity contribution in [3.63, 3.8) is 0 Å². The molecule has 2 aromatic carbocycles. The zero-order valence-electron chi connectivity index (χ0n) is 15.1. The highest BCUT2D eigenvalue weighted by Crippen LogP contribution is 2.40. The fourth-order valence-electron chi connectivity index (χ4n) is 2.80. The molecule has 1 fully saturated rings. The third-order valence-electron chi connectivity index (χ3n) is 4.27. The van der Waals surface area contributed by atoms with Crippen LogP contribution in [0.2, 0.25) is 0 Å². The Hall–Kier alpha value is -3.35. The van der Waals surface area contributed by atoms with Crippen molar-refractivity contribution in [3.8, 4) is 5.75 Å². The van der Waals surface area contributed by atoms with Crippen molar-refractivity contribution in [2.24, 2.45) is 11.8 Å². The van der Waals surface area contributed by atoms with E-state index in [1.165, 1.54) is 6.92 Å². The summed E-state index contributed by atoms with van der Waals surface area (Å²) in [5.74, 6) is -0.551. The van der Waals surface area contributed by atoms with Gasteiger partial charge >= 0.3 is 0 Å². The lowest BCUT2D eigenvalue weighted by Crippen LogP contribution is -2.20. The van der Waals surface area contributed by atoms with E-state index in [-0.39, 0.29) is 29.6 Å². The molecule has 0 aliphatic heterocycles. The third-order valence-corrected chi connectivity index (χ3v) is 4.27. The molecule has 7 heteroatoms. The van der Waals surface area contributed by atoms with Crippen LogP contribution in [0.3, 0.4) is 0 Å². The maximum atomic E-state index is 12.4. The Balaban J connectivity index is 1.53. The standard InChI is InChI=1S/C20H21N3O4/c1-12(24)21-14-4-3-5-15(10-14)23-20(26)18-11-17(18)19(25)22-13-6-8-16(27-2)9-7-13/h3-10,17-18H,11H2,1-2H3,(H,21,24)(H,22,25)(H,23,26). The summed E-state index contributed by atoms with van der Waals surface area (Å²) in [4.78, 5) is 35.8. The van der Waals surface area contributed by atoms with Crippen LogP contribution in [0.5, 0.6) is 5.75 Å². The van der Waals surface area contributed by atoms with Crippen molar-refractivity contribution >= 4 is 34.8 Å². The van der Waals surface area contributed by atoms with Crippen LogP contribution in [0.15, 0.2) is 48.5 Å². The summed E-state index contributed by atoms with van der Waals surface area (Å²) in [5.41, 5.74) is 1.84. The van der Waals surface area contributed by atoms with Gasteiger partial charge in [-0.25, -0.2) is 0 Å². The Kier molecular flexibility index (Phi) is 5.40. The normalized spacial score (nSPS) is 17.6. The highest BCUT2D eigenvalue weighted by molar-refractivity contribution is 6.03. The number of benzene rings is 2. The Labute approximate surface area is 157 Å². The van der Waals surface area contributed by atoms with Crippen LogP contribution in [0, 0.1) is 11.8 Å². The predicted molar refractivity (Wildman–Crippen MR) is 103 cm³/mol. The molecule has 0 aromatic heterocycles. The highest BCUT2D eigenvalue weighted by Gasteiger charge is 2.48. The molecular formula is C20H21N3O4. The molecule has 0 radical (unpaired) electrons. The van der Waals surface area contributed by atoms with Gasteiger partial charge in [0.2, 0.25) is 17.7 Å². The molecule has 7 nitrogen and oxygen atoms in total. The van der Waals surface area contributed by atoms with Crippen LogP contribution >= 0.6 is 0 Å². The van der Waals surface area contributed by atoms with Crippen LogP contribution in [-0.4, -0.2) is 24.8 Å². The van der Waals surface area contributed by atoms with Gasteiger partial charge in [0.05, 0.1) is 18.9 Å². The van der Waals surface area contributed by atoms with Gasteiger partial charge < -0.3 is 20.7 Å². The molecule has 2 unspecified atom stereocenters. The zero-order valence-corrected chi connectivity index (χ0v) is 15.1. The molecule has 1 aliphatic rings. The monoisotopic (exact) mass is 367 g/mol. The number of carbonyl (C=O) groups is 3. The fourth-order valence-corrected chi connectivity index (χ4v) is 2.80. The molecule has 3 N–H and O–H groups in total. The average Bonchev–Trinajstić information content (AvgIpc) is 3.43. The number of nitrogens with one attached hydrogen (secondary N) is 3. The molecule has 1 saturated carbocycles. The van der Waals surface area contributed by atoms with Gasteiger partial charge in [-0.15, -0.1) is 0 Å². The van der Waals surface area contributed by atoms with E-state index < -0.39 is 0 Å². The first-order valence-corrected chi connectivity index (χ1v) is 8.59. The molecule has 2 aromatic rings. The molecule has 0 bridgehead atoms. The summed E-state index contributed by atoms with van der Waals surface area (Å²) >= 11 is 0. The number of ether oxygens (including phenoxy) is 1. The molecular weight excluding hydrogens is 346 g/mol. The van der Waals surface area contributed by atoms with Crippen LogP contribution in [0.1, 0.15) is 13.3 Å². The van der Waals surface area contributed by atoms with Gasteiger partial charge in [-0.3, -0.25) is 14.4 Å². The van der Waals surface area contributed by atoms with E-state index in [9.17, 15) is 14.4 Å². The number of methoxy groups -OCH3 is 1. The fraction of sp³-hybridized carbons (Fsp3) is 0.250. The lowest BCUT2D eigenvalue weighted by atomic mass is 10.2. The van der Waals surface area contributed by atoms with E-state index in [1.54, 1.807) is 55.6 Å². The Morgan fingerprint density at radius 3 is 1.96 bits per heavy atom. The van der Waals surface area contributed by atoms with Gasteiger partial charge in [0.1, 0.15) is 5.75 Å². The SMILES string of the molecule is COc1ccc(NC(=O)C2CC2C(=O)Nc2cccc(NC(C)=O)c2)cc1. The molecule has 0 heterocycles. The van der Waals surface area contributed by atoms with Crippen LogP contribution in [0.4, 0.5) is 17.1 Å². The minimum absolute atomic E-state index is 0.174. The van der Waals surface area contributed by atoms with Crippen molar-refractivity contribution in [3.05, 3.63) is 48.5 Å². The summed E-state index contributed by atoms with van der Waals surface area (Å²) < 4.78 is 5.08. The van der Waals surface area contributed by atoms with Crippen molar-refractivity contribution in [1.29, 1.82) is 0 Å². The van der Waals surface area contributed by atoms with E-state index in [4.69, 9.17) is 4.74 Å². The summed E-state index contributed by atoms with van der Waals surface area (Å²) in [6.07, 6.45) is 0.513. The van der Waals surface area contributed by atoms with Crippen molar-refractivity contribution < 1.29 is 19.1 Å². The molecule has 1 aliphatic carbocycles. The largest absolute Gasteiger partial charge is 0.497 e. The minimum atomic E-state index is -0.354. The number of amides is 3. The smallest absolute Gasteiger partial charge is 0.228 e. The van der Waals surface area contributed by atoms with Gasteiger partial charge in [-0.1, -0.05) is 6.07 Å². The maximum Gasteiger partial charge on any atom is 0.228 e. The Morgan fingerprint density at radius 1 is 0.852 bits per heavy atom. The topological polar surface area (TPSA) is 96.5 Å². The van der Waals surface area contributed by atoms with Gasteiger partial charge in [-0.05, 0) is 48.9 Å². The summed E-state index contributed by atoms with van der Waals surface area (Å²) in [5, 5.41) is 8.27. The molecule has 2 atom stereocenters. The molecule has 3 amide bonds. The predicted octanol–water partition coefficient (Wildman–Crippen LogP) is 2.87. The number of anilines is 3. The van der Waals surface area contributed by atoms with Crippen LogP contribution in [-0.2, 0) is 14.4 Å². The van der Waals surface area contributed by atoms with Gasteiger partial charge in [0, 0.05) is 24.0 Å². The van der Waals surface area contributed by atoms with E-state index in [1.807, 2.05) is 0 Å². The highest BCUT2D eigenvalue weighted by atomic mass is 16.5. The summed E-state index contributed by atoms with van der Waals surface area (Å²) in [6.45, 7) is 1.42. The van der Waals surface area contributed by atoms with Crippen molar-refractivity contribution in [1.82, 2.24) is 0 Å². The van der Waals surface area contributed by atoms with Gasteiger partial charge in [-0.2, -0.15) is 0 Å². The molecule has 0 saturated heterocycles. The summed E-state index contributed by atoms with van der Waals surface area (Å²) in [7, 11) is 1.58. The minimum Gasteiger partial charge on any atom is -0.497 e. The number of carbonyl (C=O) groups excluding carboxylic acids is 3. The number of hydrogen-bond acceptors (Lipinski definition) is 4. The Bertz CT molecular complexity index is 864. The molecule has 27 heavy (non-hydrogen) atoms. The zero-order chi connectivity index (χ0) is 19.4. The first-order chi connectivity index (χ1) is 13.0. The lowest BCUT2D eigenvalue weighted by Gasteiger charge is -2.08. The Morgan fingerprint density at radius 2 is 1.41 bits per heavy atom. The van der Waals surface area contributed by atoms with Crippen molar-refractivity contribution in [2.45, 2.75) is 13.3 Å². The second-order valence-corrected chi connectivity index (χ2v) is 6.42. The average molecular weight is 367 g/mol.